The predicted octanol–water partition coefficient (Wildman–Crippen LogP) is 3.28. The Bertz CT molecular complexity index is 365. The van der Waals surface area contributed by atoms with Gasteiger partial charge < -0.3 is 5.32 Å². The zero-order valence-electron chi connectivity index (χ0n) is 13.5. The topological polar surface area (TPSA) is 15.3 Å². The van der Waals surface area contributed by atoms with Crippen molar-refractivity contribution in [2.45, 2.75) is 45.6 Å². The van der Waals surface area contributed by atoms with Crippen molar-refractivity contribution < 1.29 is 0 Å². The van der Waals surface area contributed by atoms with Crippen LogP contribution in [-0.2, 0) is 6.42 Å². The van der Waals surface area contributed by atoms with Gasteiger partial charge in [-0.3, -0.25) is 4.90 Å². The molecule has 0 fully saturated rings. The number of hydrogen-bond acceptors (Lipinski definition) is 2. The third-order valence-corrected chi connectivity index (χ3v) is 4.03. The fraction of sp³-hybridized carbons (Fsp3) is 0.647. The smallest absolute Gasteiger partial charge is 0.0274 e. The summed E-state index contributed by atoms with van der Waals surface area (Å²) in [5, 5.41) is 3.27. The summed E-state index contributed by atoms with van der Waals surface area (Å²) in [6, 6.07) is 9.07. The molecule has 1 aromatic rings. The first kappa shape index (κ1) is 16.2. The molecule has 0 bridgehead atoms. The Kier molecular flexibility index (Phi) is 6.02. The molecule has 0 radical (unpaired) electrons. The van der Waals surface area contributed by atoms with Gasteiger partial charge in [-0.25, -0.2) is 0 Å². The zero-order chi connectivity index (χ0) is 14.5. The summed E-state index contributed by atoms with van der Waals surface area (Å²) in [4.78, 5) is 2.43. The third kappa shape index (κ3) is 4.96. The number of hydrogen-bond donors (Lipinski definition) is 1. The summed E-state index contributed by atoms with van der Waals surface area (Å²) in [6.07, 6.45) is 1.11. The first-order valence-corrected chi connectivity index (χ1v) is 7.31. The average molecular weight is 262 g/mol. The van der Waals surface area contributed by atoms with Crippen molar-refractivity contribution in [2.75, 3.05) is 27.2 Å². The van der Waals surface area contributed by atoms with E-state index < -0.39 is 0 Å². The highest BCUT2D eigenvalue weighted by molar-refractivity contribution is 5.24. The molecule has 2 nitrogen and oxygen atoms in total. The van der Waals surface area contributed by atoms with Crippen LogP contribution in [0.25, 0.3) is 0 Å². The molecule has 1 rings (SSSR count). The van der Waals surface area contributed by atoms with E-state index in [-0.39, 0.29) is 5.54 Å². The Balaban J connectivity index is 2.52. The van der Waals surface area contributed by atoms with Crippen molar-refractivity contribution in [3.05, 3.63) is 35.4 Å². The maximum atomic E-state index is 3.27. The highest BCUT2D eigenvalue weighted by Gasteiger charge is 2.21. The molecule has 2 heteroatoms. The molecule has 1 N–H and O–H groups in total. The van der Waals surface area contributed by atoms with Gasteiger partial charge in [0, 0.05) is 18.6 Å². The lowest BCUT2D eigenvalue weighted by atomic mass is 9.99. The standard InChI is InChI=1S/C17H30N2/c1-14(2)16-9-7-15(8-10-16)11-12-19(6)17(3,4)13-18-5/h7-10,14,18H,11-13H2,1-6H3. The van der Waals surface area contributed by atoms with E-state index in [0.717, 1.165) is 19.5 Å². The predicted molar refractivity (Wildman–Crippen MR) is 84.9 cm³/mol. The highest BCUT2D eigenvalue weighted by Crippen LogP contribution is 2.16. The van der Waals surface area contributed by atoms with Crippen molar-refractivity contribution in [3.8, 4) is 0 Å². The van der Waals surface area contributed by atoms with Crippen molar-refractivity contribution in [2.24, 2.45) is 0 Å². The summed E-state index contributed by atoms with van der Waals surface area (Å²) >= 11 is 0. The first-order valence-electron chi connectivity index (χ1n) is 7.31. The maximum Gasteiger partial charge on any atom is 0.0274 e. The van der Waals surface area contributed by atoms with Crippen LogP contribution in [0.4, 0.5) is 0 Å². The molecule has 0 unspecified atom stereocenters. The molecule has 0 aliphatic carbocycles. The summed E-state index contributed by atoms with van der Waals surface area (Å²) in [5.41, 5.74) is 3.05. The van der Waals surface area contributed by atoms with Gasteiger partial charge in [-0.1, -0.05) is 38.1 Å². The molecule has 108 valence electrons. The van der Waals surface area contributed by atoms with Crippen molar-refractivity contribution in [1.29, 1.82) is 0 Å². The number of nitrogens with one attached hydrogen (secondary N) is 1. The Morgan fingerprint density at radius 2 is 1.74 bits per heavy atom. The van der Waals surface area contributed by atoms with Gasteiger partial charge in [0.05, 0.1) is 0 Å². The van der Waals surface area contributed by atoms with E-state index in [1.807, 2.05) is 7.05 Å². The van der Waals surface area contributed by atoms with Gasteiger partial charge in [-0.2, -0.15) is 0 Å². The molecular formula is C17H30N2. The summed E-state index contributed by atoms with van der Waals surface area (Å²) in [6.45, 7) is 11.1. The number of benzene rings is 1. The minimum absolute atomic E-state index is 0.201. The van der Waals surface area contributed by atoms with Gasteiger partial charge in [0.1, 0.15) is 0 Å². The molecule has 0 saturated heterocycles. The van der Waals surface area contributed by atoms with Gasteiger partial charge >= 0.3 is 0 Å². The fourth-order valence-corrected chi connectivity index (χ4v) is 2.24. The molecule has 0 aromatic heterocycles. The van der Waals surface area contributed by atoms with E-state index in [2.05, 4.69) is 69.2 Å². The maximum absolute atomic E-state index is 3.27. The van der Waals surface area contributed by atoms with Gasteiger partial charge in [-0.15, -0.1) is 0 Å². The molecule has 0 heterocycles. The molecule has 1 aromatic carbocycles. The monoisotopic (exact) mass is 262 g/mol. The van der Waals surface area contributed by atoms with Gasteiger partial charge in [0.15, 0.2) is 0 Å². The van der Waals surface area contributed by atoms with Crippen LogP contribution < -0.4 is 5.32 Å². The molecule has 19 heavy (non-hydrogen) atoms. The Hall–Kier alpha value is -0.860. The van der Waals surface area contributed by atoms with Crippen LogP contribution in [0.5, 0.6) is 0 Å². The zero-order valence-corrected chi connectivity index (χ0v) is 13.5. The number of likely N-dealkylation sites (N-methyl/N-ethyl adjacent to an activating group) is 2. The molecule has 0 spiro atoms. The van der Waals surface area contributed by atoms with E-state index >= 15 is 0 Å². The van der Waals surface area contributed by atoms with Gasteiger partial charge in [0.2, 0.25) is 0 Å². The Labute approximate surface area is 119 Å². The average Bonchev–Trinajstić information content (AvgIpc) is 2.36. The van der Waals surface area contributed by atoms with Crippen molar-refractivity contribution in [3.63, 3.8) is 0 Å². The van der Waals surface area contributed by atoms with Crippen LogP contribution >= 0.6 is 0 Å². The van der Waals surface area contributed by atoms with E-state index in [1.54, 1.807) is 0 Å². The summed E-state index contributed by atoms with van der Waals surface area (Å²) < 4.78 is 0. The fourth-order valence-electron chi connectivity index (χ4n) is 2.24. The minimum atomic E-state index is 0.201. The first-order chi connectivity index (χ1) is 8.86. The van der Waals surface area contributed by atoms with Crippen LogP contribution in [0.15, 0.2) is 24.3 Å². The van der Waals surface area contributed by atoms with E-state index in [0.29, 0.717) is 5.92 Å². The van der Waals surface area contributed by atoms with Crippen LogP contribution in [0.3, 0.4) is 0 Å². The molecule has 0 aliphatic rings. The van der Waals surface area contributed by atoms with Crippen molar-refractivity contribution >= 4 is 0 Å². The second-order valence-electron chi connectivity index (χ2n) is 6.41. The third-order valence-electron chi connectivity index (χ3n) is 4.03. The van der Waals surface area contributed by atoms with E-state index in [4.69, 9.17) is 0 Å². The van der Waals surface area contributed by atoms with E-state index in [9.17, 15) is 0 Å². The quantitative estimate of drug-likeness (QED) is 0.811. The lowest BCUT2D eigenvalue weighted by Gasteiger charge is -2.35. The summed E-state index contributed by atoms with van der Waals surface area (Å²) in [7, 11) is 4.22. The number of rotatable bonds is 7. The molecule has 0 amide bonds. The van der Waals surface area contributed by atoms with Gasteiger partial charge in [-0.05, 0) is 51.4 Å². The minimum Gasteiger partial charge on any atom is -0.318 e. The summed E-state index contributed by atoms with van der Waals surface area (Å²) in [5.74, 6) is 0.617. The second-order valence-corrected chi connectivity index (χ2v) is 6.41. The van der Waals surface area contributed by atoms with Crippen molar-refractivity contribution in [1.82, 2.24) is 10.2 Å². The van der Waals surface area contributed by atoms with Crippen LogP contribution in [0.1, 0.15) is 44.7 Å². The van der Waals surface area contributed by atoms with Crippen LogP contribution in [-0.4, -0.2) is 37.6 Å². The highest BCUT2D eigenvalue weighted by atomic mass is 15.2. The van der Waals surface area contributed by atoms with Crippen LogP contribution in [0, 0.1) is 0 Å². The molecule has 0 saturated carbocycles. The molecular weight excluding hydrogens is 232 g/mol. The Morgan fingerprint density at radius 1 is 1.16 bits per heavy atom. The van der Waals surface area contributed by atoms with E-state index in [1.165, 1.54) is 11.1 Å². The number of nitrogens with zero attached hydrogens (tertiary/aromatic N) is 1. The molecule has 0 aliphatic heterocycles. The second kappa shape index (κ2) is 7.06. The normalized spacial score (nSPS) is 12.4. The largest absolute Gasteiger partial charge is 0.318 e. The lowest BCUT2D eigenvalue weighted by Crippen LogP contribution is -2.48. The molecule has 0 atom stereocenters. The Morgan fingerprint density at radius 3 is 2.21 bits per heavy atom. The SMILES string of the molecule is CNCC(C)(C)N(C)CCc1ccc(C(C)C)cc1. The van der Waals surface area contributed by atoms with Gasteiger partial charge in [0.25, 0.3) is 0 Å². The van der Waals surface area contributed by atoms with Crippen LogP contribution in [0.2, 0.25) is 0 Å². The lowest BCUT2D eigenvalue weighted by molar-refractivity contribution is 0.157.